The van der Waals surface area contributed by atoms with E-state index < -0.39 is 5.60 Å². The highest BCUT2D eigenvalue weighted by atomic mass is 16.6. The number of piperazine rings is 1. The van der Waals surface area contributed by atoms with Crippen LogP contribution in [-0.4, -0.2) is 66.7 Å². The Labute approximate surface area is 185 Å². The number of hydrogen-bond acceptors (Lipinski definition) is 4. The van der Waals surface area contributed by atoms with Gasteiger partial charge in [-0.15, -0.1) is 0 Å². The Bertz CT molecular complexity index is 869. The molecule has 1 aliphatic heterocycles. The third-order valence-electron chi connectivity index (χ3n) is 5.22. The number of nitrogens with one attached hydrogen (secondary N) is 1. The van der Waals surface area contributed by atoms with Crippen LogP contribution in [0.4, 0.5) is 4.79 Å². The van der Waals surface area contributed by atoms with Crippen LogP contribution in [0, 0.1) is 0 Å². The van der Waals surface area contributed by atoms with Crippen molar-refractivity contribution < 1.29 is 14.3 Å². The van der Waals surface area contributed by atoms with E-state index in [0.29, 0.717) is 25.2 Å². The van der Waals surface area contributed by atoms with E-state index in [1.165, 1.54) is 0 Å². The zero-order chi connectivity index (χ0) is 22.3. The molecule has 6 nitrogen and oxygen atoms in total. The molecule has 0 bridgehead atoms. The van der Waals surface area contributed by atoms with Gasteiger partial charge in [-0.3, -0.25) is 9.69 Å². The summed E-state index contributed by atoms with van der Waals surface area (Å²) in [6.45, 7) is 10.2. The molecule has 2 amide bonds. The maximum Gasteiger partial charge on any atom is 0.410 e. The molecule has 0 saturated carbocycles. The zero-order valence-corrected chi connectivity index (χ0v) is 18.8. The first-order chi connectivity index (χ1) is 14.8. The monoisotopic (exact) mass is 423 g/mol. The molecule has 2 aromatic carbocycles. The lowest BCUT2D eigenvalue weighted by Gasteiger charge is -2.35. The van der Waals surface area contributed by atoms with Crippen molar-refractivity contribution in [3.63, 3.8) is 0 Å². The summed E-state index contributed by atoms with van der Waals surface area (Å²) in [7, 11) is 0. The van der Waals surface area contributed by atoms with E-state index >= 15 is 0 Å². The molecule has 0 radical (unpaired) electrons. The normalized spacial score (nSPS) is 14.9. The van der Waals surface area contributed by atoms with Crippen LogP contribution in [0.1, 0.15) is 37.6 Å². The topological polar surface area (TPSA) is 61.9 Å². The molecule has 0 spiro atoms. The van der Waals surface area contributed by atoms with Gasteiger partial charge >= 0.3 is 6.09 Å². The number of carbonyl (C=O) groups excluding carboxylic acids is 2. The molecular formula is C25H33N3O3. The predicted molar refractivity (Wildman–Crippen MR) is 123 cm³/mol. The average molecular weight is 424 g/mol. The third-order valence-corrected chi connectivity index (χ3v) is 5.22. The lowest BCUT2D eigenvalue weighted by molar-refractivity contribution is 0.0144. The summed E-state index contributed by atoms with van der Waals surface area (Å²) in [5.74, 6) is -0.0470. The minimum Gasteiger partial charge on any atom is -0.444 e. The van der Waals surface area contributed by atoms with Gasteiger partial charge in [0.05, 0.1) is 0 Å². The molecular weight excluding hydrogens is 390 g/mol. The summed E-state index contributed by atoms with van der Waals surface area (Å²) >= 11 is 0. The van der Waals surface area contributed by atoms with Crippen molar-refractivity contribution in [2.75, 3.05) is 39.3 Å². The molecule has 0 unspecified atom stereocenters. The zero-order valence-electron chi connectivity index (χ0n) is 18.8. The predicted octanol–water partition coefficient (Wildman–Crippen LogP) is 4.03. The first kappa shape index (κ1) is 22.8. The van der Waals surface area contributed by atoms with Crippen LogP contribution in [0.3, 0.4) is 0 Å². The second-order valence-corrected chi connectivity index (χ2v) is 8.83. The van der Waals surface area contributed by atoms with Gasteiger partial charge < -0.3 is 15.0 Å². The molecule has 0 aromatic heterocycles. The van der Waals surface area contributed by atoms with Gasteiger partial charge in [-0.2, -0.15) is 0 Å². The van der Waals surface area contributed by atoms with Crippen LogP contribution in [-0.2, 0) is 4.74 Å². The molecule has 1 saturated heterocycles. The van der Waals surface area contributed by atoms with Crippen LogP contribution in [0.15, 0.2) is 54.6 Å². The number of benzene rings is 2. The Morgan fingerprint density at radius 2 is 1.58 bits per heavy atom. The lowest BCUT2D eigenvalue weighted by atomic mass is 9.99. The van der Waals surface area contributed by atoms with Gasteiger partial charge in [0.1, 0.15) is 5.60 Å². The van der Waals surface area contributed by atoms with Gasteiger partial charge in [-0.1, -0.05) is 48.5 Å². The summed E-state index contributed by atoms with van der Waals surface area (Å²) in [6.07, 6.45) is 0.627. The van der Waals surface area contributed by atoms with Crippen LogP contribution in [0.25, 0.3) is 11.1 Å². The van der Waals surface area contributed by atoms with Crippen LogP contribution in [0.5, 0.6) is 0 Å². The molecule has 3 rings (SSSR count). The molecule has 166 valence electrons. The highest BCUT2D eigenvalue weighted by molar-refractivity contribution is 6.00. The minimum atomic E-state index is -0.467. The van der Waals surface area contributed by atoms with Crippen LogP contribution in [0.2, 0.25) is 0 Å². The molecule has 1 heterocycles. The molecule has 0 atom stereocenters. The third kappa shape index (κ3) is 6.82. The van der Waals surface area contributed by atoms with E-state index in [0.717, 1.165) is 37.2 Å². The standard InChI is InChI=1S/C25H33N3O3/c1-25(2,3)31-24(30)28-18-16-27(17-19-28)15-9-14-26-23(29)22-13-8-7-12-21(22)20-10-5-4-6-11-20/h4-8,10-13H,9,14-19H2,1-3H3,(H,26,29). The summed E-state index contributed by atoms with van der Waals surface area (Å²) in [5.41, 5.74) is 2.21. The smallest absolute Gasteiger partial charge is 0.410 e. The van der Waals surface area contributed by atoms with Gasteiger partial charge in [0, 0.05) is 38.3 Å². The molecule has 0 aliphatic carbocycles. The van der Waals surface area contributed by atoms with E-state index in [4.69, 9.17) is 4.74 Å². The molecule has 1 fully saturated rings. The van der Waals surface area contributed by atoms with E-state index in [9.17, 15) is 9.59 Å². The number of carbonyl (C=O) groups is 2. The van der Waals surface area contributed by atoms with Gasteiger partial charge in [0.2, 0.25) is 0 Å². The van der Waals surface area contributed by atoms with Crippen molar-refractivity contribution in [2.45, 2.75) is 32.8 Å². The van der Waals surface area contributed by atoms with Crippen molar-refractivity contribution in [3.8, 4) is 11.1 Å². The number of amides is 2. The lowest BCUT2D eigenvalue weighted by Crippen LogP contribution is -2.50. The van der Waals surface area contributed by atoms with E-state index in [-0.39, 0.29) is 12.0 Å². The van der Waals surface area contributed by atoms with Crippen molar-refractivity contribution in [3.05, 3.63) is 60.2 Å². The van der Waals surface area contributed by atoms with Crippen molar-refractivity contribution in [1.29, 1.82) is 0 Å². The Morgan fingerprint density at radius 3 is 2.26 bits per heavy atom. The molecule has 31 heavy (non-hydrogen) atoms. The van der Waals surface area contributed by atoms with Crippen LogP contribution < -0.4 is 5.32 Å². The summed E-state index contributed by atoms with van der Waals surface area (Å²) < 4.78 is 5.44. The second kappa shape index (κ2) is 10.4. The number of nitrogens with zero attached hydrogens (tertiary/aromatic N) is 2. The van der Waals surface area contributed by atoms with Crippen molar-refractivity contribution in [1.82, 2.24) is 15.1 Å². The maximum absolute atomic E-state index is 12.7. The Kier molecular flexibility index (Phi) is 7.69. The fourth-order valence-corrected chi connectivity index (χ4v) is 3.63. The summed E-state index contributed by atoms with van der Waals surface area (Å²) in [5, 5.41) is 3.05. The fraction of sp³-hybridized carbons (Fsp3) is 0.440. The highest BCUT2D eigenvalue weighted by Crippen LogP contribution is 2.23. The maximum atomic E-state index is 12.7. The Morgan fingerprint density at radius 1 is 0.935 bits per heavy atom. The number of hydrogen-bond donors (Lipinski definition) is 1. The summed E-state index contributed by atoms with van der Waals surface area (Å²) in [4.78, 5) is 29.0. The molecule has 1 aliphatic rings. The van der Waals surface area contributed by atoms with Gasteiger partial charge in [0.15, 0.2) is 0 Å². The first-order valence-electron chi connectivity index (χ1n) is 11.0. The van der Waals surface area contributed by atoms with Crippen LogP contribution >= 0.6 is 0 Å². The van der Waals surface area contributed by atoms with E-state index in [2.05, 4.69) is 10.2 Å². The molecule has 2 aromatic rings. The number of ether oxygens (including phenoxy) is 1. The quantitative estimate of drug-likeness (QED) is 0.713. The van der Waals surface area contributed by atoms with Crippen molar-refractivity contribution >= 4 is 12.0 Å². The van der Waals surface area contributed by atoms with Gasteiger partial charge in [-0.05, 0) is 50.9 Å². The first-order valence-corrected chi connectivity index (χ1v) is 11.0. The minimum absolute atomic E-state index is 0.0470. The van der Waals surface area contributed by atoms with Gasteiger partial charge in [0.25, 0.3) is 5.91 Å². The van der Waals surface area contributed by atoms with Crippen molar-refractivity contribution in [2.24, 2.45) is 0 Å². The number of rotatable bonds is 6. The van der Waals surface area contributed by atoms with E-state index in [1.807, 2.05) is 75.4 Å². The Balaban J connectivity index is 1.41. The second-order valence-electron chi connectivity index (χ2n) is 8.83. The highest BCUT2D eigenvalue weighted by Gasteiger charge is 2.25. The summed E-state index contributed by atoms with van der Waals surface area (Å²) in [6, 6.07) is 17.7. The fourth-order valence-electron chi connectivity index (χ4n) is 3.63. The van der Waals surface area contributed by atoms with E-state index in [1.54, 1.807) is 4.90 Å². The average Bonchev–Trinajstić information content (AvgIpc) is 2.76. The molecule has 1 N–H and O–H groups in total. The largest absolute Gasteiger partial charge is 0.444 e. The Hall–Kier alpha value is -2.86. The molecule has 6 heteroatoms. The SMILES string of the molecule is CC(C)(C)OC(=O)N1CCN(CCCNC(=O)c2ccccc2-c2ccccc2)CC1. The van der Waals surface area contributed by atoms with Gasteiger partial charge in [-0.25, -0.2) is 4.79 Å².